The standard InChI is InChI=1S/C26H50N10O11/c1-15(33-24(41)18(9-13-47-45)36-22(39)16(28)6-4-11-31-26(29)30)21(38)35-17(7-2-3-10-27)23(40)32-14-20(37)34-19(25(42)43)8-5-12-46-44/h15-19,44-45H,2-14,27-28H2,1H3,(H,32,40)(H,33,41)(H,34,37)(H,35,38)(H,36,39)(H,42,43)(H4,29,30,31). The lowest BCUT2D eigenvalue weighted by atomic mass is 10.1. The zero-order chi connectivity index (χ0) is 35.8. The fourth-order valence-electron chi connectivity index (χ4n) is 3.95. The molecule has 5 atom stereocenters. The molecule has 0 saturated carbocycles. The van der Waals surface area contributed by atoms with Crippen molar-refractivity contribution in [1.29, 1.82) is 0 Å². The highest BCUT2D eigenvalue weighted by Gasteiger charge is 2.29. The molecule has 0 spiro atoms. The van der Waals surface area contributed by atoms with Gasteiger partial charge in [-0.05, 0) is 58.4 Å². The Labute approximate surface area is 271 Å². The lowest BCUT2D eigenvalue weighted by Gasteiger charge is -2.24. The second kappa shape index (κ2) is 25.0. The molecule has 21 nitrogen and oxygen atoms in total. The number of hydrogen-bond donors (Lipinski definition) is 12. The largest absolute Gasteiger partial charge is 0.480 e. The molecule has 0 aromatic heterocycles. The first kappa shape index (κ1) is 42.9. The van der Waals surface area contributed by atoms with Crippen molar-refractivity contribution in [2.45, 2.75) is 88.5 Å². The molecule has 5 amide bonds. The number of carboxylic acids is 1. The van der Waals surface area contributed by atoms with Gasteiger partial charge in [-0.1, -0.05) is 0 Å². The molecule has 0 aliphatic carbocycles. The summed E-state index contributed by atoms with van der Waals surface area (Å²) >= 11 is 0. The summed E-state index contributed by atoms with van der Waals surface area (Å²) in [7, 11) is 0. The number of hydrogen-bond acceptors (Lipinski definition) is 13. The van der Waals surface area contributed by atoms with E-state index in [1.165, 1.54) is 6.92 Å². The second-order valence-corrected chi connectivity index (χ2v) is 10.5. The monoisotopic (exact) mass is 678 g/mol. The minimum Gasteiger partial charge on any atom is -0.480 e. The van der Waals surface area contributed by atoms with Crippen molar-refractivity contribution < 1.29 is 54.2 Å². The normalized spacial score (nSPS) is 14.0. The molecular weight excluding hydrogens is 628 g/mol. The van der Waals surface area contributed by atoms with Crippen LogP contribution < -0.4 is 49.5 Å². The first-order chi connectivity index (χ1) is 22.3. The summed E-state index contributed by atoms with van der Waals surface area (Å²) in [5, 5.41) is 38.4. The van der Waals surface area contributed by atoms with Gasteiger partial charge in [-0.15, -0.1) is 0 Å². The highest BCUT2D eigenvalue weighted by Crippen LogP contribution is 2.04. The molecule has 0 rings (SSSR count). The van der Waals surface area contributed by atoms with Gasteiger partial charge in [0.1, 0.15) is 24.2 Å². The minimum atomic E-state index is -1.32. The number of guanidine groups is 1. The number of nitrogens with one attached hydrogen (secondary N) is 5. The summed E-state index contributed by atoms with van der Waals surface area (Å²) in [6, 6.07) is -5.91. The quantitative estimate of drug-likeness (QED) is 0.0136. The van der Waals surface area contributed by atoms with Crippen molar-refractivity contribution in [1.82, 2.24) is 26.6 Å². The van der Waals surface area contributed by atoms with Crippen LogP contribution in [0.2, 0.25) is 0 Å². The van der Waals surface area contributed by atoms with Gasteiger partial charge in [0, 0.05) is 13.0 Å². The van der Waals surface area contributed by atoms with E-state index < -0.39 is 72.3 Å². The number of aliphatic carboxylic acids is 1. The Bertz CT molecular complexity index is 1030. The molecule has 0 saturated heterocycles. The number of carbonyl (C=O) groups excluding carboxylic acids is 5. The van der Waals surface area contributed by atoms with Crippen LogP contribution in [-0.2, 0) is 38.5 Å². The van der Waals surface area contributed by atoms with E-state index in [2.05, 4.69) is 41.4 Å². The number of carbonyl (C=O) groups is 6. The van der Waals surface area contributed by atoms with Crippen LogP contribution >= 0.6 is 0 Å². The number of nitrogens with two attached hydrogens (primary N) is 4. The Balaban J connectivity index is 5.28. The number of rotatable bonds is 26. The van der Waals surface area contributed by atoms with E-state index in [1.54, 1.807) is 0 Å². The smallest absolute Gasteiger partial charge is 0.326 e. The van der Waals surface area contributed by atoms with Gasteiger partial charge in [-0.25, -0.2) is 14.6 Å². The number of unbranched alkanes of at least 4 members (excludes halogenated alkanes) is 1. The van der Waals surface area contributed by atoms with Gasteiger partial charge >= 0.3 is 5.97 Å². The van der Waals surface area contributed by atoms with Gasteiger partial charge in [0.2, 0.25) is 29.5 Å². The number of amides is 5. The van der Waals surface area contributed by atoms with Crippen LogP contribution in [0.3, 0.4) is 0 Å². The summed E-state index contributed by atoms with van der Waals surface area (Å²) in [5.74, 6) is -5.24. The molecule has 0 heterocycles. The Kier molecular flexibility index (Phi) is 22.8. The summed E-state index contributed by atoms with van der Waals surface area (Å²) < 4.78 is 0. The van der Waals surface area contributed by atoms with Crippen molar-refractivity contribution >= 4 is 41.5 Å². The lowest BCUT2D eigenvalue weighted by Crippen LogP contribution is -2.57. The van der Waals surface area contributed by atoms with Crippen LogP contribution in [0.1, 0.15) is 58.3 Å². The predicted octanol–water partition coefficient (Wildman–Crippen LogP) is -4.19. The Morgan fingerprint density at radius 3 is 1.94 bits per heavy atom. The molecule has 0 fully saturated rings. The van der Waals surface area contributed by atoms with Crippen molar-refractivity contribution in [3.8, 4) is 0 Å². The Morgan fingerprint density at radius 1 is 0.723 bits per heavy atom. The molecule has 0 aliphatic rings. The van der Waals surface area contributed by atoms with E-state index in [9.17, 15) is 33.9 Å². The zero-order valence-electron chi connectivity index (χ0n) is 26.4. The van der Waals surface area contributed by atoms with E-state index >= 15 is 0 Å². The summed E-state index contributed by atoms with van der Waals surface area (Å²) in [4.78, 5) is 86.8. The van der Waals surface area contributed by atoms with E-state index in [0.29, 0.717) is 25.8 Å². The van der Waals surface area contributed by atoms with Crippen LogP contribution in [0.15, 0.2) is 4.99 Å². The number of nitrogens with zero attached hydrogens (tertiary/aromatic N) is 1. The third-order valence-electron chi connectivity index (χ3n) is 6.55. The lowest BCUT2D eigenvalue weighted by molar-refractivity contribution is -0.243. The second-order valence-electron chi connectivity index (χ2n) is 10.5. The Hall–Kier alpha value is -4.15. The molecule has 21 heteroatoms. The SMILES string of the molecule is CC(NC(=O)C(CCOO)NC(=O)C(N)CCCN=C(N)N)C(=O)NC(CCCCN)C(=O)NCC(=O)NC(CCCOO)C(=O)O. The number of aliphatic imine (C=N–C) groups is 1. The maximum absolute atomic E-state index is 13.0. The molecule has 47 heavy (non-hydrogen) atoms. The molecular formula is C26H50N10O11. The first-order valence-electron chi connectivity index (χ1n) is 15.0. The predicted molar refractivity (Wildman–Crippen MR) is 166 cm³/mol. The molecule has 0 aromatic carbocycles. The fraction of sp³-hybridized carbons (Fsp3) is 0.731. The van der Waals surface area contributed by atoms with Crippen LogP contribution in [0.25, 0.3) is 0 Å². The van der Waals surface area contributed by atoms with Crippen LogP contribution in [0.5, 0.6) is 0 Å². The zero-order valence-corrected chi connectivity index (χ0v) is 26.4. The molecule has 0 aliphatic heterocycles. The van der Waals surface area contributed by atoms with E-state index in [-0.39, 0.29) is 57.8 Å². The molecule has 0 radical (unpaired) electrons. The number of carboxylic acid groups (broad SMARTS) is 1. The van der Waals surface area contributed by atoms with Gasteiger partial charge in [0.25, 0.3) is 0 Å². The van der Waals surface area contributed by atoms with Gasteiger partial charge in [0.05, 0.1) is 25.8 Å². The van der Waals surface area contributed by atoms with Crippen molar-refractivity contribution in [2.75, 3.05) is 32.8 Å². The van der Waals surface area contributed by atoms with E-state index in [1.807, 2.05) is 0 Å². The fourth-order valence-corrected chi connectivity index (χ4v) is 3.95. The van der Waals surface area contributed by atoms with Gasteiger partial charge in [0.15, 0.2) is 5.96 Å². The highest BCUT2D eigenvalue weighted by atomic mass is 17.1. The maximum atomic E-state index is 13.0. The minimum absolute atomic E-state index is 0.0397. The highest BCUT2D eigenvalue weighted by molar-refractivity contribution is 5.95. The van der Waals surface area contributed by atoms with E-state index in [4.69, 9.17) is 33.4 Å². The van der Waals surface area contributed by atoms with E-state index in [0.717, 1.165) is 0 Å². The van der Waals surface area contributed by atoms with Crippen LogP contribution in [-0.4, -0.2) is 120 Å². The summed E-state index contributed by atoms with van der Waals surface area (Å²) in [6.45, 7) is 0.825. The maximum Gasteiger partial charge on any atom is 0.326 e. The van der Waals surface area contributed by atoms with Gasteiger partial charge < -0.3 is 54.6 Å². The summed E-state index contributed by atoms with van der Waals surface area (Å²) in [5.41, 5.74) is 21.9. The molecule has 16 N–H and O–H groups in total. The molecule has 270 valence electrons. The third kappa shape index (κ3) is 19.9. The Morgan fingerprint density at radius 2 is 1.34 bits per heavy atom. The average Bonchev–Trinajstić information content (AvgIpc) is 3.02. The van der Waals surface area contributed by atoms with Crippen LogP contribution in [0.4, 0.5) is 0 Å². The van der Waals surface area contributed by atoms with Crippen molar-refractivity contribution in [2.24, 2.45) is 27.9 Å². The first-order valence-corrected chi connectivity index (χ1v) is 15.0. The van der Waals surface area contributed by atoms with Crippen molar-refractivity contribution in [3.63, 3.8) is 0 Å². The van der Waals surface area contributed by atoms with Crippen LogP contribution in [0, 0.1) is 0 Å². The average molecular weight is 679 g/mol. The molecule has 5 unspecified atom stereocenters. The van der Waals surface area contributed by atoms with Gasteiger partial charge in [-0.3, -0.25) is 39.5 Å². The molecule has 0 aromatic rings. The topological polar surface area (TPSA) is 358 Å². The van der Waals surface area contributed by atoms with Gasteiger partial charge in [-0.2, -0.15) is 0 Å². The van der Waals surface area contributed by atoms with Crippen molar-refractivity contribution in [3.05, 3.63) is 0 Å². The summed E-state index contributed by atoms with van der Waals surface area (Å²) in [6.07, 6.45) is 1.59. The molecule has 0 bridgehead atoms. The third-order valence-corrected chi connectivity index (χ3v) is 6.55.